The van der Waals surface area contributed by atoms with E-state index in [2.05, 4.69) is 243 Å². The third kappa shape index (κ3) is 6.10. The molecule has 9 nitrogen and oxygen atoms in total. The quantitative estimate of drug-likeness (QED) is 0.149. The summed E-state index contributed by atoms with van der Waals surface area (Å²) in [4.78, 5) is 0. The van der Waals surface area contributed by atoms with Crippen LogP contribution >= 0.6 is 0 Å². The van der Waals surface area contributed by atoms with E-state index in [4.69, 9.17) is 10.2 Å². The summed E-state index contributed by atoms with van der Waals surface area (Å²) in [5, 5.41) is 31.3. The molecule has 0 aliphatic carbocycles. The van der Waals surface area contributed by atoms with Crippen molar-refractivity contribution in [1.82, 2.24) is 33.3 Å². The highest BCUT2D eigenvalue weighted by molar-refractivity contribution is 6.13. The Balaban J connectivity index is 0.854. The maximum absolute atomic E-state index is 9.79. The molecule has 0 spiro atoms. The van der Waals surface area contributed by atoms with Crippen LogP contribution in [-0.2, 0) is 0 Å². The van der Waals surface area contributed by atoms with Crippen LogP contribution in [0, 0.1) is 5.41 Å². The van der Waals surface area contributed by atoms with Gasteiger partial charge in [0, 0.05) is 84.8 Å². The molecule has 72 heavy (non-hydrogen) atoms. The second-order valence-corrected chi connectivity index (χ2v) is 18.8. The third-order valence-electron chi connectivity index (χ3n) is 14.7. The molecule has 9 aromatic carbocycles. The van der Waals surface area contributed by atoms with Crippen LogP contribution in [0.5, 0.6) is 0 Å². The first-order valence-corrected chi connectivity index (χ1v) is 24.4. The van der Waals surface area contributed by atoms with Gasteiger partial charge < -0.3 is 24.4 Å². The fourth-order valence-electron chi connectivity index (χ4n) is 11.4. The lowest BCUT2D eigenvalue weighted by Gasteiger charge is -2.27. The van der Waals surface area contributed by atoms with E-state index >= 15 is 0 Å². The topological polar surface area (TPSA) is 86.3 Å². The molecular weight excluding hydrogens is 883 g/mol. The van der Waals surface area contributed by atoms with E-state index in [1.54, 1.807) is 0 Å². The van der Waals surface area contributed by atoms with E-state index in [1.165, 1.54) is 10.8 Å². The minimum absolute atomic E-state index is 0.380. The maximum atomic E-state index is 9.79. The van der Waals surface area contributed by atoms with Gasteiger partial charge >= 0.3 is 0 Å². The Bertz CT molecular complexity index is 4470. The molecule has 14 aromatic rings. The highest BCUT2D eigenvalue weighted by Crippen LogP contribution is 2.41. The summed E-state index contributed by atoms with van der Waals surface area (Å²) in [6, 6.07) is 81.4. The predicted molar refractivity (Wildman–Crippen MR) is 294 cm³/mol. The molecule has 0 saturated heterocycles. The maximum Gasteiger partial charge on any atom is 0.157 e. The van der Waals surface area contributed by atoms with Crippen LogP contribution in [-0.4, -0.2) is 39.0 Å². The predicted octanol–water partition coefficient (Wildman–Crippen LogP) is 15.1. The number of hydrogen-bond acceptors (Lipinski definition) is 4. The van der Waals surface area contributed by atoms with E-state index in [9.17, 15) is 5.41 Å². The van der Waals surface area contributed by atoms with Gasteiger partial charge in [0.2, 0.25) is 0 Å². The zero-order valence-electron chi connectivity index (χ0n) is 38.9. The number of fused-ring (bicyclic) bond motifs is 12. The van der Waals surface area contributed by atoms with Gasteiger partial charge in [0.25, 0.3) is 0 Å². The number of para-hydroxylation sites is 6. The molecule has 5 aromatic heterocycles. The number of hydrogen-bond donors (Lipinski definition) is 2. The van der Waals surface area contributed by atoms with Crippen molar-refractivity contribution in [2.24, 2.45) is 0 Å². The van der Waals surface area contributed by atoms with Crippen molar-refractivity contribution in [3.05, 3.63) is 236 Å². The van der Waals surface area contributed by atoms with Gasteiger partial charge in [0.05, 0.1) is 44.5 Å². The summed E-state index contributed by atoms with van der Waals surface area (Å²) in [7, 11) is 0. The molecule has 340 valence electrons. The van der Waals surface area contributed by atoms with Crippen LogP contribution in [0.25, 0.3) is 111 Å². The molecule has 1 atom stereocenters. The smallest absolute Gasteiger partial charge is 0.157 e. The molecule has 0 saturated carbocycles. The molecule has 15 rings (SSSR count). The second-order valence-electron chi connectivity index (χ2n) is 18.8. The Morgan fingerprint density at radius 1 is 0.403 bits per heavy atom. The van der Waals surface area contributed by atoms with Gasteiger partial charge in [-0.05, 0) is 96.6 Å². The highest BCUT2D eigenvalue weighted by Gasteiger charge is 2.30. The second kappa shape index (κ2) is 15.6. The van der Waals surface area contributed by atoms with Gasteiger partial charge in [-0.15, -0.1) is 0 Å². The monoisotopic (exact) mass is 925 g/mol. The summed E-state index contributed by atoms with van der Waals surface area (Å²) in [5.41, 5.74) is 15.3. The molecule has 6 heterocycles. The third-order valence-corrected chi connectivity index (χ3v) is 14.7. The Morgan fingerprint density at radius 2 is 0.819 bits per heavy atom. The average molecular weight is 926 g/mol. The van der Waals surface area contributed by atoms with Crippen molar-refractivity contribution >= 4 is 76.9 Å². The van der Waals surface area contributed by atoms with Crippen molar-refractivity contribution in [2.45, 2.75) is 12.6 Å². The lowest BCUT2D eigenvalue weighted by atomic mass is 10.0. The number of nitrogens with zero attached hydrogens (tertiary/aromatic N) is 7. The fraction of sp³-hybridized carbons (Fsp3) is 0.0317. The Morgan fingerprint density at radius 3 is 1.32 bits per heavy atom. The van der Waals surface area contributed by atoms with Gasteiger partial charge in [0.1, 0.15) is 12.0 Å². The van der Waals surface area contributed by atoms with Crippen LogP contribution in [0.4, 0.5) is 5.82 Å². The number of rotatable bonds is 8. The van der Waals surface area contributed by atoms with E-state index in [0.29, 0.717) is 12.1 Å². The molecule has 0 fully saturated rings. The van der Waals surface area contributed by atoms with E-state index in [1.807, 2.05) is 15.4 Å². The van der Waals surface area contributed by atoms with E-state index in [-0.39, 0.29) is 6.17 Å². The molecule has 9 heteroatoms. The molecule has 2 N–H and O–H groups in total. The SMILES string of the molecule is N=C(CC1Nc2cc(-c3ccc4c(c3)c3ccccc3n4-c3ccccc3)nn2-c2cc(-c3ccc4c(c3)c3ccccc3n4-c3ccccc3)nn21)c1ccc2c(c1)c1ccccc1n2-c1ccccc1. The van der Waals surface area contributed by atoms with Gasteiger partial charge in [-0.3, -0.25) is 0 Å². The van der Waals surface area contributed by atoms with Crippen LogP contribution in [0.3, 0.4) is 0 Å². The zero-order valence-corrected chi connectivity index (χ0v) is 38.9. The number of nitrogens with one attached hydrogen (secondary N) is 2. The first-order chi connectivity index (χ1) is 35.6. The summed E-state index contributed by atoms with van der Waals surface area (Å²) in [6.45, 7) is 0. The minimum Gasteiger partial charge on any atom is -0.348 e. The van der Waals surface area contributed by atoms with Crippen molar-refractivity contribution in [1.29, 1.82) is 5.41 Å². The molecule has 1 aliphatic heterocycles. The number of benzene rings is 9. The average Bonchev–Trinajstić information content (AvgIpc) is 4.27. The van der Waals surface area contributed by atoms with Crippen LogP contribution < -0.4 is 5.32 Å². The first-order valence-electron chi connectivity index (χ1n) is 24.4. The van der Waals surface area contributed by atoms with Gasteiger partial charge in [0.15, 0.2) is 5.82 Å². The van der Waals surface area contributed by atoms with Crippen LogP contribution in [0.2, 0.25) is 0 Å². The molecule has 1 aliphatic rings. The zero-order chi connectivity index (χ0) is 47.4. The molecule has 0 radical (unpaired) electrons. The van der Waals surface area contributed by atoms with Crippen molar-refractivity contribution in [2.75, 3.05) is 5.32 Å². The lowest BCUT2D eigenvalue weighted by molar-refractivity contribution is 0.481. The van der Waals surface area contributed by atoms with Crippen molar-refractivity contribution in [3.63, 3.8) is 0 Å². The summed E-state index contributed by atoms with van der Waals surface area (Å²) in [6.07, 6.45) is 0.00107. The Kier molecular flexibility index (Phi) is 8.73. The molecule has 1 unspecified atom stereocenters. The number of aromatic nitrogens is 7. The summed E-state index contributed by atoms with van der Waals surface area (Å²) in [5.74, 6) is 1.68. The molecule has 0 bridgehead atoms. The number of anilines is 1. The van der Waals surface area contributed by atoms with Crippen molar-refractivity contribution in [3.8, 4) is 45.4 Å². The minimum atomic E-state index is -0.380. The molecular formula is C63H43N9. The Labute approximate surface area is 413 Å². The highest BCUT2D eigenvalue weighted by atomic mass is 15.5. The van der Waals surface area contributed by atoms with Crippen molar-refractivity contribution < 1.29 is 0 Å². The molecule has 0 amide bonds. The van der Waals surface area contributed by atoms with Crippen LogP contribution in [0.15, 0.2) is 231 Å². The van der Waals surface area contributed by atoms with E-state index < -0.39 is 0 Å². The fourth-order valence-corrected chi connectivity index (χ4v) is 11.4. The van der Waals surface area contributed by atoms with Gasteiger partial charge in [-0.1, -0.05) is 127 Å². The standard InChI is InChI=1S/C63H43N9/c64-52(40-28-31-58-49(34-40)46-22-10-13-25-55(46)68(58)43-16-4-1-5-17-43)37-61-65-62-38-53(41-29-32-59-50(35-41)47-23-11-14-26-56(47)69(59)44-18-6-2-7-19-44)66-72(62)63-39-54(67-71(61)63)42-30-33-60-51(36-42)48-24-12-15-27-57(48)70(60)45-20-8-3-9-21-45/h1-36,38-39,61,64-65H,37H2. The summed E-state index contributed by atoms with van der Waals surface area (Å²) >= 11 is 0. The first kappa shape index (κ1) is 40.2. The van der Waals surface area contributed by atoms with Gasteiger partial charge in [-0.25, -0.2) is 4.68 Å². The Hall–Kier alpha value is -9.73. The van der Waals surface area contributed by atoms with E-state index in [0.717, 1.165) is 111 Å². The van der Waals surface area contributed by atoms with Crippen LogP contribution in [0.1, 0.15) is 18.2 Å². The summed E-state index contributed by atoms with van der Waals surface area (Å²) < 4.78 is 11.0. The normalized spacial score (nSPS) is 13.4. The lowest BCUT2D eigenvalue weighted by Crippen LogP contribution is -2.30. The van der Waals surface area contributed by atoms with Gasteiger partial charge in [-0.2, -0.15) is 14.9 Å². The largest absolute Gasteiger partial charge is 0.348 e.